The van der Waals surface area contributed by atoms with E-state index in [1.165, 1.54) is 6.07 Å². The molecular formula is C15H17F2NO2. The first kappa shape index (κ1) is 14.5. The highest BCUT2D eigenvalue weighted by Gasteiger charge is 2.06. The molecule has 2 aromatic rings. The van der Waals surface area contributed by atoms with E-state index in [9.17, 15) is 8.78 Å². The van der Waals surface area contributed by atoms with Gasteiger partial charge in [0.25, 0.3) is 0 Å². The molecule has 0 atom stereocenters. The number of hydrogen-bond donors (Lipinski definition) is 1. The lowest BCUT2D eigenvalue weighted by atomic mass is 10.3. The third-order valence-electron chi connectivity index (χ3n) is 2.69. The largest absolute Gasteiger partial charge is 0.486 e. The fourth-order valence-electron chi connectivity index (χ4n) is 1.64. The predicted molar refractivity (Wildman–Crippen MR) is 71.4 cm³/mol. The van der Waals surface area contributed by atoms with E-state index < -0.39 is 11.6 Å². The highest BCUT2D eigenvalue weighted by Crippen LogP contribution is 2.17. The van der Waals surface area contributed by atoms with Gasteiger partial charge >= 0.3 is 0 Å². The van der Waals surface area contributed by atoms with Gasteiger partial charge in [-0.25, -0.2) is 8.78 Å². The Morgan fingerprint density at radius 2 is 2.00 bits per heavy atom. The quantitative estimate of drug-likeness (QED) is 0.878. The maximum Gasteiger partial charge on any atom is 0.162 e. The topological polar surface area (TPSA) is 34.4 Å². The number of nitrogens with one attached hydrogen (secondary N) is 1. The zero-order valence-electron chi connectivity index (χ0n) is 11.5. The average Bonchev–Trinajstić information content (AvgIpc) is 2.86. The van der Waals surface area contributed by atoms with E-state index in [1.807, 2.05) is 6.07 Å². The molecule has 1 aromatic carbocycles. The Labute approximate surface area is 116 Å². The standard InChI is InChI=1S/C15H17F2NO2/c1-10(2)18-7-11-5-13(19-8-11)9-20-12-3-4-14(16)15(17)6-12/h3-6,8,10,18H,7,9H2,1-2H3. The highest BCUT2D eigenvalue weighted by molar-refractivity contribution is 5.24. The molecule has 0 aliphatic heterocycles. The molecule has 2 rings (SSSR count). The van der Waals surface area contributed by atoms with Gasteiger partial charge in [0.05, 0.1) is 6.26 Å². The van der Waals surface area contributed by atoms with Crippen LogP contribution in [0.4, 0.5) is 8.78 Å². The van der Waals surface area contributed by atoms with E-state index in [-0.39, 0.29) is 12.4 Å². The fourth-order valence-corrected chi connectivity index (χ4v) is 1.64. The lowest BCUT2D eigenvalue weighted by Crippen LogP contribution is -2.21. The van der Waals surface area contributed by atoms with Crippen molar-refractivity contribution in [2.75, 3.05) is 0 Å². The Morgan fingerprint density at radius 3 is 2.70 bits per heavy atom. The smallest absolute Gasteiger partial charge is 0.162 e. The van der Waals surface area contributed by atoms with Crippen LogP contribution in [0.5, 0.6) is 5.75 Å². The van der Waals surface area contributed by atoms with Crippen molar-refractivity contribution in [3.63, 3.8) is 0 Å². The molecule has 3 nitrogen and oxygen atoms in total. The summed E-state index contributed by atoms with van der Waals surface area (Å²) in [5.41, 5.74) is 1.02. The summed E-state index contributed by atoms with van der Waals surface area (Å²) in [5.74, 6) is -0.918. The molecule has 1 heterocycles. The van der Waals surface area contributed by atoms with Gasteiger partial charge in [-0.1, -0.05) is 13.8 Å². The second kappa shape index (κ2) is 6.52. The Morgan fingerprint density at radius 1 is 1.20 bits per heavy atom. The van der Waals surface area contributed by atoms with Crippen LogP contribution in [-0.2, 0) is 13.2 Å². The van der Waals surface area contributed by atoms with Gasteiger partial charge in [0, 0.05) is 24.2 Å². The normalized spacial score (nSPS) is 11.1. The molecule has 0 spiro atoms. The second-order valence-electron chi connectivity index (χ2n) is 4.82. The van der Waals surface area contributed by atoms with Crippen molar-refractivity contribution in [1.29, 1.82) is 0 Å². The van der Waals surface area contributed by atoms with E-state index >= 15 is 0 Å². The number of furan rings is 1. The number of ether oxygens (including phenoxy) is 1. The predicted octanol–water partition coefficient (Wildman–Crippen LogP) is 3.63. The molecule has 0 aliphatic carbocycles. The maximum absolute atomic E-state index is 13.0. The monoisotopic (exact) mass is 281 g/mol. The Bertz CT molecular complexity index is 567. The van der Waals surface area contributed by atoms with Crippen LogP contribution in [0.3, 0.4) is 0 Å². The summed E-state index contributed by atoms with van der Waals surface area (Å²) >= 11 is 0. The highest BCUT2D eigenvalue weighted by atomic mass is 19.2. The molecule has 0 bridgehead atoms. The van der Waals surface area contributed by atoms with Crippen LogP contribution < -0.4 is 10.1 Å². The van der Waals surface area contributed by atoms with Gasteiger partial charge in [-0.15, -0.1) is 0 Å². The third-order valence-corrected chi connectivity index (χ3v) is 2.69. The summed E-state index contributed by atoms with van der Waals surface area (Å²) in [7, 11) is 0. The Kier molecular flexibility index (Phi) is 4.74. The van der Waals surface area contributed by atoms with E-state index in [0.29, 0.717) is 18.3 Å². The second-order valence-corrected chi connectivity index (χ2v) is 4.82. The molecule has 1 N–H and O–H groups in total. The molecule has 0 saturated heterocycles. The molecule has 20 heavy (non-hydrogen) atoms. The minimum absolute atomic E-state index is 0.173. The van der Waals surface area contributed by atoms with Crippen LogP contribution in [0.2, 0.25) is 0 Å². The van der Waals surface area contributed by atoms with Gasteiger partial charge < -0.3 is 14.5 Å². The first-order valence-electron chi connectivity index (χ1n) is 6.42. The van der Waals surface area contributed by atoms with Gasteiger partial charge in [-0.2, -0.15) is 0 Å². The molecule has 108 valence electrons. The van der Waals surface area contributed by atoms with Crippen molar-refractivity contribution in [1.82, 2.24) is 5.32 Å². The van der Waals surface area contributed by atoms with Crippen molar-refractivity contribution < 1.29 is 17.9 Å². The van der Waals surface area contributed by atoms with E-state index in [4.69, 9.17) is 9.15 Å². The van der Waals surface area contributed by atoms with Gasteiger partial charge in [-0.05, 0) is 18.2 Å². The molecule has 0 fully saturated rings. The van der Waals surface area contributed by atoms with Crippen LogP contribution >= 0.6 is 0 Å². The summed E-state index contributed by atoms with van der Waals surface area (Å²) in [4.78, 5) is 0. The van der Waals surface area contributed by atoms with E-state index in [2.05, 4.69) is 19.2 Å². The average molecular weight is 281 g/mol. The number of hydrogen-bond acceptors (Lipinski definition) is 3. The van der Waals surface area contributed by atoms with Crippen LogP contribution in [-0.4, -0.2) is 6.04 Å². The van der Waals surface area contributed by atoms with Crippen molar-refractivity contribution in [3.8, 4) is 5.75 Å². The van der Waals surface area contributed by atoms with E-state index in [0.717, 1.165) is 17.7 Å². The number of halogens is 2. The summed E-state index contributed by atoms with van der Waals surface area (Å²) in [6, 6.07) is 5.69. The van der Waals surface area contributed by atoms with Crippen LogP contribution in [0.25, 0.3) is 0 Å². The fraction of sp³-hybridized carbons (Fsp3) is 0.333. The van der Waals surface area contributed by atoms with Crippen LogP contribution in [0, 0.1) is 11.6 Å². The van der Waals surface area contributed by atoms with Gasteiger partial charge in [0.15, 0.2) is 11.6 Å². The van der Waals surface area contributed by atoms with E-state index in [1.54, 1.807) is 6.26 Å². The molecule has 1 aromatic heterocycles. The third kappa shape index (κ3) is 4.06. The lowest BCUT2D eigenvalue weighted by Gasteiger charge is -2.05. The van der Waals surface area contributed by atoms with Gasteiger partial charge in [0.1, 0.15) is 18.1 Å². The van der Waals surface area contributed by atoms with Crippen LogP contribution in [0.1, 0.15) is 25.2 Å². The zero-order chi connectivity index (χ0) is 14.5. The van der Waals surface area contributed by atoms with Gasteiger partial charge in [-0.3, -0.25) is 0 Å². The summed E-state index contributed by atoms with van der Waals surface area (Å²) in [6.45, 7) is 5.01. The van der Waals surface area contributed by atoms with Crippen molar-refractivity contribution in [2.24, 2.45) is 0 Å². The molecule has 0 radical (unpaired) electrons. The Hall–Kier alpha value is -1.88. The van der Waals surface area contributed by atoms with Crippen molar-refractivity contribution in [3.05, 3.63) is 53.5 Å². The summed E-state index contributed by atoms with van der Waals surface area (Å²) in [6.07, 6.45) is 1.65. The van der Waals surface area contributed by atoms with Gasteiger partial charge in [0.2, 0.25) is 0 Å². The Balaban J connectivity index is 1.89. The first-order chi connectivity index (χ1) is 9.54. The number of rotatable bonds is 6. The van der Waals surface area contributed by atoms with Crippen molar-refractivity contribution >= 4 is 0 Å². The molecule has 0 amide bonds. The molecule has 0 saturated carbocycles. The summed E-state index contributed by atoms with van der Waals surface area (Å²) < 4.78 is 36.4. The first-order valence-corrected chi connectivity index (χ1v) is 6.42. The maximum atomic E-state index is 13.0. The number of benzene rings is 1. The summed E-state index contributed by atoms with van der Waals surface area (Å²) in [5, 5.41) is 3.27. The minimum atomic E-state index is -0.927. The molecule has 0 aliphatic rings. The lowest BCUT2D eigenvalue weighted by molar-refractivity contribution is 0.268. The zero-order valence-corrected chi connectivity index (χ0v) is 11.5. The molecule has 0 unspecified atom stereocenters. The SMILES string of the molecule is CC(C)NCc1coc(COc2ccc(F)c(F)c2)c1. The van der Waals surface area contributed by atoms with Crippen molar-refractivity contribution in [2.45, 2.75) is 33.0 Å². The van der Waals surface area contributed by atoms with Crippen LogP contribution in [0.15, 0.2) is 34.9 Å². The molecular weight excluding hydrogens is 264 g/mol. The molecule has 5 heteroatoms. The minimum Gasteiger partial charge on any atom is -0.486 e.